The average Bonchev–Trinajstić information content (AvgIpc) is 2.98. The molecule has 6 heteroatoms. The third kappa shape index (κ3) is 4.51. The van der Waals surface area contributed by atoms with Crippen LogP contribution in [0.25, 0.3) is 0 Å². The Labute approximate surface area is 174 Å². The number of benzene rings is 1. The molecule has 0 bridgehead atoms. The summed E-state index contributed by atoms with van der Waals surface area (Å²) in [6, 6.07) is 8.97. The van der Waals surface area contributed by atoms with Crippen LogP contribution in [0, 0.1) is 11.8 Å². The smallest absolute Gasteiger partial charge is 0.407 e. The molecule has 0 spiro atoms. The molecule has 4 atom stereocenters. The lowest BCUT2D eigenvalue weighted by Crippen LogP contribution is -2.44. The van der Waals surface area contributed by atoms with E-state index in [1.807, 2.05) is 20.8 Å². The molecular weight excluding hydrogens is 364 g/mol. The molecule has 2 fully saturated rings. The average molecular weight is 399 g/mol. The normalized spacial score (nSPS) is 28.0. The largest absolute Gasteiger partial charge is 0.444 e. The van der Waals surface area contributed by atoms with Crippen molar-refractivity contribution in [2.75, 3.05) is 26.2 Å². The lowest BCUT2D eigenvalue weighted by atomic mass is 10.0. The van der Waals surface area contributed by atoms with Crippen LogP contribution in [0.5, 0.6) is 0 Å². The summed E-state index contributed by atoms with van der Waals surface area (Å²) in [6.45, 7) is 11.1. The van der Waals surface area contributed by atoms with Gasteiger partial charge in [-0.3, -0.25) is 4.99 Å². The molecular formula is C23H34N4O2. The van der Waals surface area contributed by atoms with Crippen molar-refractivity contribution in [3.05, 3.63) is 35.4 Å². The number of hydrogen-bond donors (Lipinski definition) is 2. The van der Waals surface area contributed by atoms with Crippen LogP contribution in [0.15, 0.2) is 29.3 Å². The van der Waals surface area contributed by atoms with Gasteiger partial charge in [-0.1, -0.05) is 24.3 Å². The lowest BCUT2D eigenvalue weighted by Gasteiger charge is -2.23. The number of carbonyl (C=O) groups excluding carboxylic acids is 1. The van der Waals surface area contributed by atoms with Crippen molar-refractivity contribution in [1.82, 2.24) is 15.5 Å². The van der Waals surface area contributed by atoms with Crippen LogP contribution in [0.3, 0.4) is 0 Å². The van der Waals surface area contributed by atoms with Crippen LogP contribution in [0.1, 0.15) is 51.2 Å². The van der Waals surface area contributed by atoms with Crippen LogP contribution in [0.2, 0.25) is 0 Å². The van der Waals surface area contributed by atoms with E-state index in [4.69, 9.17) is 9.73 Å². The van der Waals surface area contributed by atoms with E-state index in [9.17, 15) is 4.79 Å². The summed E-state index contributed by atoms with van der Waals surface area (Å²) in [5, 5.41) is 6.43. The van der Waals surface area contributed by atoms with Gasteiger partial charge in [0.2, 0.25) is 0 Å². The first kappa shape index (κ1) is 20.0. The second kappa shape index (κ2) is 7.88. The summed E-state index contributed by atoms with van der Waals surface area (Å²) in [7, 11) is 0. The molecule has 0 aromatic heterocycles. The van der Waals surface area contributed by atoms with Gasteiger partial charge in [0.1, 0.15) is 5.60 Å². The van der Waals surface area contributed by atoms with E-state index in [0.717, 1.165) is 44.5 Å². The summed E-state index contributed by atoms with van der Waals surface area (Å²) in [5.74, 6) is 3.13. The van der Waals surface area contributed by atoms with Gasteiger partial charge in [-0.2, -0.15) is 0 Å². The number of guanidine groups is 1. The highest BCUT2D eigenvalue weighted by Crippen LogP contribution is 2.61. The highest BCUT2D eigenvalue weighted by molar-refractivity contribution is 5.80. The Morgan fingerprint density at radius 2 is 2.10 bits per heavy atom. The highest BCUT2D eigenvalue weighted by atomic mass is 16.6. The number of alkyl carbamates (subject to hydrolysis) is 1. The predicted octanol–water partition coefficient (Wildman–Crippen LogP) is 3.14. The Bertz CT molecular complexity index is 785. The number of aliphatic imine (C=N–C) groups is 1. The first-order valence-electron chi connectivity index (χ1n) is 11.0. The minimum atomic E-state index is -0.473. The van der Waals surface area contributed by atoms with E-state index in [1.54, 1.807) is 5.56 Å². The van der Waals surface area contributed by atoms with Gasteiger partial charge in [0.25, 0.3) is 0 Å². The van der Waals surface area contributed by atoms with Gasteiger partial charge in [0.15, 0.2) is 5.96 Å². The van der Waals surface area contributed by atoms with Crippen LogP contribution < -0.4 is 10.6 Å². The van der Waals surface area contributed by atoms with Crippen molar-refractivity contribution in [3.63, 3.8) is 0 Å². The van der Waals surface area contributed by atoms with Crippen molar-refractivity contribution in [2.24, 2.45) is 16.8 Å². The maximum atomic E-state index is 12.1. The number of nitrogens with one attached hydrogen (secondary N) is 2. The quantitative estimate of drug-likeness (QED) is 0.604. The molecule has 1 saturated carbocycles. The fraction of sp³-hybridized carbons (Fsp3) is 0.652. The number of nitrogens with zero attached hydrogens (tertiary/aromatic N) is 2. The maximum Gasteiger partial charge on any atom is 0.407 e. The first-order valence-corrected chi connectivity index (χ1v) is 11.0. The number of likely N-dealkylation sites (tertiary alicyclic amines) is 1. The number of amides is 1. The minimum Gasteiger partial charge on any atom is -0.444 e. The van der Waals surface area contributed by atoms with E-state index in [1.165, 1.54) is 12.0 Å². The Kier molecular flexibility index (Phi) is 5.45. The van der Waals surface area contributed by atoms with Gasteiger partial charge < -0.3 is 20.3 Å². The molecule has 1 amide bonds. The molecule has 158 valence electrons. The molecule has 1 aliphatic heterocycles. The standard InChI is InChI=1S/C23H34N4O2/c1-5-24-21(27-11-10-16(14-27)26-22(28)29-23(2,3)4)25-13-19-18-12-15-8-6-7-9-17(15)20(18)19/h6-9,16,18-20H,5,10-14H2,1-4H3,(H,24,25)(H,26,28)/t16-,18?,19?,20?/m1/s1. The summed E-state index contributed by atoms with van der Waals surface area (Å²) in [5.41, 5.74) is 2.61. The van der Waals surface area contributed by atoms with Gasteiger partial charge in [0, 0.05) is 26.2 Å². The lowest BCUT2D eigenvalue weighted by molar-refractivity contribution is 0.0507. The molecule has 3 aliphatic rings. The van der Waals surface area contributed by atoms with E-state index in [2.05, 4.69) is 46.7 Å². The van der Waals surface area contributed by atoms with Gasteiger partial charge >= 0.3 is 6.09 Å². The van der Waals surface area contributed by atoms with Gasteiger partial charge in [-0.15, -0.1) is 0 Å². The molecule has 2 aliphatic carbocycles. The summed E-state index contributed by atoms with van der Waals surface area (Å²) in [4.78, 5) is 19.3. The zero-order valence-corrected chi connectivity index (χ0v) is 18.1. The fourth-order valence-electron chi connectivity index (χ4n) is 4.90. The highest BCUT2D eigenvalue weighted by Gasteiger charge is 2.55. The molecule has 29 heavy (non-hydrogen) atoms. The van der Waals surface area contributed by atoms with Crippen LogP contribution >= 0.6 is 0 Å². The van der Waals surface area contributed by atoms with Crippen molar-refractivity contribution in [2.45, 2.75) is 58.1 Å². The molecule has 1 saturated heterocycles. The molecule has 3 unspecified atom stereocenters. The Morgan fingerprint density at radius 1 is 1.31 bits per heavy atom. The zero-order chi connectivity index (χ0) is 20.6. The number of ether oxygens (including phenoxy) is 1. The Hall–Kier alpha value is -2.24. The second-order valence-electron chi connectivity index (χ2n) is 9.53. The van der Waals surface area contributed by atoms with Gasteiger partial charge in [-0.05, 0) is 69.4 Å². The molecule has 0 radical (unpaired) electrons. The van der Waals surface area contributed by atoms with E-state index in [0.29, 0.717) is 11.8 Å². The summed E-state index contributed by atoms with van der Waals surface area (Å²) >= 11 is 0. The van der Waals surface area contributed by atoms with E-state index >= 15 is 0 Å². The third-order valence-corrected chi connectivity index (χ3v) is 6.20. The molecule has 2 N–H and O–H groups in total. The van der Waals surface area contributed by atoms with Gasteiger partial charge in [0.05, 0.1) is 6.04 Å². The zero-order valence-electron chi connectivity index (χ0n) is 18.1. The van der Waals surface area contributed by atoms with Crippen LogP contribution in [0.4, 0.5) is 4.79 Å². The summed E-state index contributed by atoms with van der Waals surface area (Å²) in [6.07, 6.45) is 1.78. The molecule has 4 rings (SSSR count). The number of carbonyl (C=O) groups is 1. The number of rotatable bonds is 4. The minimum absolute atomic E-state index is 0.0980. The first-order chi connectivity index (χ1) is 13.9. The Morgan fingerprint density at radius 3 is 2.86 bits per heavy atom. The monoisotopic (exact) mass is 398 g/mol. The third-order valence-electron chi connectivity index (χ3n) is 6.20. The topological polar surface area (TPSA) is 66.0 Å². The van der Waals surface area contributed by atoms with Crippen molar-refractivity contribution in [3.8, 4) is 0 Å². The second-order valence-corrected chi connectivity index (χ2v) is 9.53. The number of fused-ring (bicyclic) bond motifs is 3. The molecule has 1 heterocycles. The van der Waals surface area contributed by atoms with E-state index < -0.39 is 5.60 Å². The maximum absolute atomic E-state index is 12.1. The van der Waals surface area contributed by atoms with Crippen LogP contribution in [-0.2, 0) is 11.2 Å². The molecule has 6 nitrogen and oxygen atoms in total. The molecule has 1 aromatic rings. The van der Waals surface area contributed by atoms with Crippen molar-refractivity contribution in [1.29, 1.82) is 0 Å². The fourth-order valence-corrected chi connectivity index (χ4v) is 4.90. The van der Waals surface area contributed by atoms with Crippen LogP contribution in [-0.4, -0.2) is 54.8 Å². The Balaban J connectivity index is 1.31. The van der Waals surface area contributed by atoms with Gasteiger partial charge in [-0.25, -0.2) is 4.79 Å². The van der Waals surface area contributed by atoms with E-state index in [-0.39, 0.29) is 12.1 Å². The molecule has 1 aromatic carbocycles. The SMILES string of the molecule is CCNC(=NCC1C2Cc3ccccc3C12)N1CC[C@@H](NC(=O)OC(C)(C)C)C1. The predicted molar refractivity (Wildman–Crippen MR) is 115 cm³/mol. The van der Waals surface area contributed by atoms with Crippen molar-refractivity contribution < 1.29 is 9.53 Å². The summed E-state index contributed by atoms with van der Waals surface area (Å²) < 4.78 is 5.39. The van der Waals surface area contributed by atoms with Crippen molar-refractivity contribution >= 4 is 12.1 Å². The number of hydrogen-bond acceptors (Lipinski definition) is 3.